The molecule has 1 aromatic rings. The van der Waals surface area contributed by atoms with Gasteiger partial charge in [-0.15, -0.1) is 0 Å². The van der Waals surface area contributed by atoms with E-state index < -0.39 is 0 Å². The number of carbonyl (C=O) groups excluding carboxylic acids is 1. The lowest BCUT2D eigenvalue weighted by atomic mass is 10.1. The lowest BCUT2D eigenvalue weighted by Gasteiger charge is -2.16. The second kappa shape index (κ2) is 8.53. The van der Waals surface area contributed by atoms with E-state index in [0.717, 1.165) is 31.7 Å². The second-order valence-corrected chi connectivity index (χ2v) is 4.58. The van der Waals surface area contributed by atoms with Crippen LogP contribution in [-0.2, 0) is 16.0 Å². The number of nitrogens with zero attached hydrogens (tertiary/aromatic N) is 1. The smallest absolute Gasteiger partial charge is 0.305 e. The van der Waals surface area contributed by atoms with Gasteiger partial charge in [-0.25, -0.2) is 0 Å². The van der Waals surface area contributed by atoms with E-state index in [2.05, 4.69) is 28.8 Å². The molecule has 0 amide bonds. The van der Waals surface area contributed by atoms with Crippen molar-refractivity contribution in [2.75, 3.05) is 34.4 Å². The quantitative estimate of drug-likeness (QED) is 0.675. The molecule has 0 spiro atoms. The fraction of sp³-hybridized carbons (Fsp3) is 0.533. The standard InChI is InChI=1S/C15H23NO3/c1-16(11-4-5-15(17)19-3)12-10-13-6-8-14(18-2)9-7-13/h6-9H,4-5,10-12H2,1-3H3. The molecule has 0 fully saturated rings. The van der Waals surface area contributed by atoms with Crippen LogP contribution in [0.3, 0.4) is 0 Å². The lowest BCUT2D eigenvalue weighted by molar-refractivity contribution is -0.140. The maximum absolute atomic E-state index is 11.0. The minimum absolute atomic E-state index is 0.136. The largest absolute Gasteiger partial charge is 0.497 e. The average Bonchev–Trinajstić information content (AvgIpc) is 2.45. The molecule has 0 radical (unpaired) electrons. The number of ether oxygens (including phenoxy) is 2. The zero-order valence-electron chi connectivity index (χ0n) is 12.0. The van der Waals surface area contributed by atoms with Crippen LogP contribution in [0.15, 0.2) is 24.3 Å². The van der Waals surface area contributed by atoms with Crippen LogP contribution >= 0.6 is 0 Å². The van der Waals surface area contributed by atoms with E-state index in [-0.39, 0.29) is 5.97 Å². The molecule has 0 aromatic heterocycles. The van der Waals surface area contributed by atoms with E-state index >= 15 is 0 Å². The molecule has 0 atom stereocenters. The molecular formula is C15H23NO3. The molecule has 0 aliphatic rings. The normalized spacial score (nSPS) is 10.5. The fourth-order valence-corrected chi connectivity index (χ4v) is 1.82. The topological polar surface area (TPSA) is 38.8 Å². The molecule has 0 aliphatic carbocycles. The van der Waals surface area contributed by atoms with Crippen molar-refractivity contribution in [3.63, 3.8) is 0 Å². The van der Waals surface area contributed by atoms with E-state index in [1.54, 1.807) is 7.11 Å². The van der Waals surface area contributed by atoms with E-state index in [0.29, 0.717) is 6.42 Å². The monoisotopic (exact) mass is 265 g/mol. The van der Waals surface area contributed by atoms with Crippen LogP contribution < -0.4 is 4.74 Å². The molecule has 0 unspecified atom stereocenters. The summed E-state index contributed by atoms with van der Waals surface area (Å²) in [5, 5.41) is 0. The van der Waals surface area contributed by atoms with Gasteiger partial charge in [0.25, 0.3) is 0 Å². The van der Waals surface area contributed by atoms with Crippen molar-refractivity contribution in [3.8, 4) is 5.75 Å². The maximum Gasteiger partial charge on any atom is 0.305 e. The van der Waals surface area contributed by atoms with Gasteiger partial charge in [0, 0.05) is 13.0 Å². The summed E-state index contributed by atoms with van der Waals surface area (Å²) in [6, 6.07) is 8.13. The van der Waals surface area contributed by atoms with Crippen molar-refractivity contribution in [3.05, 3.63) is 29.8 Å². The highest BCUT2D eigenvalue weighted by atomic mass is 16.5. The third kappa shape index (κ3) is 6.25. The molecule has 4 heteroatoms. The molecule has 1 rings (SSSR count). The molecule has 0 N–H and O–H groups in total. The van der Waals surface area contributed by atoms with Crippen molar-refractivity contribution in [2.45, 2.75) is 19.3 Å². The highest BCUT2D eigenvalue weighted by Gasteiger charge is 2.03. The summed E-state index contributed by atoms with van der Waals surface area (Å²) in [7, 11) is 5.17. The van der Waals surface area contributed by atoms with E-state index in [1.807, 2.05) is 12.1 Å². The third-order valence-electron chi connectivity index (χ3n) is 3.09. The number of rotatable bonds is 8. The number of methoxy groups -OCH3 is 2. The Balaban J connectivity index is 2.21. The Morgan fingerprint density at radius 2 is 1.84 bits per heavy atom. The Bertz CT molecular complexity index is 375. The maximum atomic E-state index is 11.0. The second-order valence-electron chi connectivity index (χ2n) is 4.58. The van der Waals surface area contributed by atoms with Gasteiger partial charge in [-0.05, 0) is 44.1 Å². The van der Waals surface area contributed by atoms with Crippen LogP contribution in [0.1, 0.15) is 18.4 Å². The number of likely N-dealkylation sites (N-methyl/N-ethyl adjacent to an activating group) is 1. The van der Waals surface area contributed by atoms with Crippen LogP contribution in [0.5, 0.6) is 5.75 Å². The molecule has 106 valence electrons. The molecule has 4 nitrogen and oxygen atoms in total. The Hall–Kier alpha value is -1.55. The van der Waals surface area contributed by atoms with Crippen LogP contribution in [0, 0.1) is 0 Å². The van der Waals surface area contributed by atoms with Gasteiger partial charge in [0.1, 0.15) is 5.75 Å². The zero-order chi connectivity index (χ0) is 14.1. The average molecular weight is 265 g/mol. The number of carbonyl (C=O) groups is 1. The Morgan fingerprint density at radius 1 is 1.16 bits per heavy atom. The summed E-state index contributed by atoms with van der Waals surface area (Å²) in [6.45, 7) is 1.89. The summed E-state index contributed by atoms with van der Waals surface area (Å²) < 4.78 is 9.74. The van der Waals surface area contributed by atoms with Gasteiger partial charge in [-0.3, -0.25) is 4.79 Å². The van der Waals surface area contributed by atoms with Crippen LogP contribution in [0.2, 0.25) is 0 Å². The van der Waals surface area contributed by atoms with Gasteiger partial charge in [-0.2, -0.15) is 0 Å². The number of hydrogen-bond donors (Lipinski definition) is 0. The molecule has 0 heterocycles. The highest BCUT2D eigenvalue weighted by Crippen LogP contribution is 2.11. The summed E-state index contributed by atoms with van der Waals surface area (Å²) >= 11 is 0. The van der Waals surface area contributed by atoms with Gasteiger partial charge in [-0.1, -0.05) is 12.1 Å². The first-order valence-electron chi connectivity index (χ1n) is 6.54. The van der Waals surface area contributed by atoms with Gasteiger partial charge >= 0.3 is 5.97 Å². The summed E-state index contributed by atoms with van der Waals surface area (Å²) in [6.07, 6.45) is 2.33. The van der Waals surface area contributed by atoms with Gasteiger partial charge in [0.05, 0.1) is 14.2 Å². The van der Waals surface area contributed by atoms with Crippen LogP contribution in [0.25, 0.3) is 0 Å². The summed E-state index contributed by atoms with van der Waals surface area (Å²) in [5.41, 5.74) is 1.29. The van der Waals surface area contributed by atoms with Crippen LogP contribution in [0.4, 0.5) is 0 Å². The fourth-order valence-electron chi connectivity index (χ4n) is 1.82. The van der Waals surface area contributed by atoms with E-state index in [1.165, 1.54) is 12.7 Å². The molecule has 1 aromatic carbocycles. The third-order valence-corrected chi connectivity index (χ3v) is 3.09. The molecule has 19 heavy (non-hydrogen) atoms. The Morgan fingerprint density at radius 3 is 2.42 bits per heavy atom. The first-order valence-corrected chi connectivity index (χ1v) is 6.54. The molecule has 0 aliphatic heterocycles. The van der Waals surface area contributed by atoms with Crippen LogP contribution in [-0.4, -0.2) is 45.2 Å². The van der Waals surface area contributed by atoms with Gasteiger partial charge in [0.2, 0.25) is 0 Å². The van der Waals surface area contributed by atoms with Crippen molar-refractivity contribution < 1.29 is 14.3 Å². The van der Waals surface area contributed by atoms with E-state index in [4.69, 9.17) is 4.74 Å². The first kappa shape index (κ1) is 15.5. The van der Waals surface area contributed by atoms with E-state index in [9.17, 15) is 4.79 Å². The summed E-state index contributed by atoms with van der Waals surface area (Å²) in [5.74, 6) is 0.749. The Labute approximate surface area is 115 Å². The number of esters is 1. The predicted molar refractivity (Wildman–Crippen MR) is 75.4 cm³/mol. The summed E-state index contributed by atoms with van der Waals surface area (Å²) in [4.78, 5) is 13.2. The number of benzene rings is 1. The molecule has 0 bridgehead atoms. The molecule has 0 saturated carbocycles. The highest BCUT2D eigenvalue weighted by molar-refractivity contribution is 5.69. The zero-order valence-corrected chi connectivity index (χ0v) is 12.0. The SMILES string of the molecule is COC(=O)CCCN(C)CCc1ccc(OC)cc1. The number of hydrogen-bond acceptors (Lipinski definition) is 4. The van der Waals surface area contributed by atoms with Crippen molar-refractivity contribution in [1.29, 1.82) is 0 Å². The Kier molecular flexibility index (Phi) is 6.97. The minimum atomic E-state index is -0.136. The van der Waals surface area contributed by atoms with Crippen molar-refractivity contribution in [1.82, 2.24) is 4.90 Å². The first-order chi connectivity index (χ1) is 9.15. The van der Waals surface area contributed by atoms with Gasteiger partial charge in [0.15, 0.2) is 0 Å². The van der Waals surface area contributed by atoms with Gasteiger partial charge < -0.3 is 14.4 Å². The van der Waals surface area contributed by atoms with Crippen molar-refractivity contribution >= 4 is 5.97 Å². The van der Waals surface area contributed by atoms with Crippen molar-refractivity contribution in [2.24, 2.45) is 0 Å². The minimum Gasteiger partial charge on any atom is -0.497 e. The molecule has 0 saturated heterocycles. The molecular weight excluding hydrogens is 242 g/mol. The predicted octanol–water partition coefficient (Wildman–Crippen LogP) is 2.12. The lowest BCUT2D eigenvalue weighted by Crippen LogP contribution is -2.23.